The van der Waals surface area contributed by atoms with E-state index >= 15 is 0 Å². The summed E-state index contributed by atoms with van der Waals surface area (Å²) in [7, 11) is -3.27. The fourth-order valence-electron chi connectivity index (χ4n) is 3.23. The highest BCUT2D eigenvalue weighted by molar-refractivity contribution is 7.89. The molecular weight excluding hydrogens is 384 g/mol. The molecule has 4 aromatic rings. The van der Waals surface area contributed by atoms with Gasteiger partial charge < -0.3 is 4.57 Å². The lowest BCUT2D eigenvalue weighted by atomic mass is 10.3. The third-order valence-corrected chi connectivity index (χ3v) is 6.07. The van der Waals surface area contributed by atoms with E-state index in [-0.39, 0.29) is 17.0 Å². The third kappa shape index (κ3) is 3.24. The minimum absolute atomic E-state index is 0.247. The Morgan fingerprint density at radius 2 is 1.85 bits per heavy atom. The fourth-order valence-corrected chi connectivity index (χ4v) is 4.76. The number of aromatic amines is 1. The van der Waals surface area contributed by atoms with E-state index in [0.29, 0.717) is 5.65 Å². The van der Waals surface area contributed by atoms with Crippen LogP contribution in [0.1, 0.15) is 17.1 Å². The lowest BCUT2D eigenvalue weighted by Crippen LogP contribution is -2.16. The molecule has 0 unspecified atom stereocenters. The lowest BCUT2D eigenvalue weighted by molar-refractivity contribution is 0.600. The van der Waals surface area contributed by atoms with Gasteiger partial charge in [0, 0.05) is 29.8 Å². The highest BCUT2D eigenvalue weighted by Crippen LogP contribution is 2.33. The predicted octanol–water partition coefficient (Wildman–Crippen LogP) is 2.70. The minimum atomic E-state index is -3.27. The smallest absolute Gasteiger partial charge is 0.272 e. The zero-order chi connectivity index (χ0) is 19.3. The second-order valence-corrected chi connectivity index (χ2v) is 9.66. The zero-order valence-electron chi connectivity index (χ0n) is 15.1. The second kappa shape index (κ2) is 6.21. The Balaban J connectivity index is 1.86. The van der Waals surface area contributed by atoms with Crippen molar-refractivity contribution >= 4 is 26.8 Å². The summed E-state index contributed by atoms with van der Waals surface area (Å²) in [5.74, 6) is -0.259. The van der Waals surface area contributed by atoms with Crippen molar-refractivity contribution in [3.05, 3.63) is 63.1 Å². The van der Waals surface area contributed by atoms with Crippen LogP contribution < -0.4 is 5.56 Å². The van der Waals surface area contributed by atoms with Gasteiger partial charge in [0.1, 0.15) is 0 Å². The Morgan fingerprint density at radius 1 is 1.15 bits per heavy atom. The molecule has 0 bridgehead atoms. The maximum absolute atomic E-state index is 12.4. The molecule has 4 heterocycles. The standard InChI is InChI=1S/C18H18N4O3S2/c1-11-4-5-12(2)21(11)15-6-7-26-18(15)14-9-16-19-13(10-27(3,24)25)8-17(23)22(16)20-14/h4-9,20H,10H2,1-3H3. The van der Waals surface area contributed by atoms with E-state index < -0.39 is 9.84 Å². The summed E-state index contributed by atoms with van der Waals surface area (Å²) in [6, 6.07) is 9.19. The van der Waals surface area contributed by atoms with Gasteiger partial charge in [0.05, 0.1) is 27.7 Å². The molecule has 0 radical (unpaired) electrons. The minimum Gasteiger partial charge on any atom is -0.317 e. The Labute approximate surface area is 159 Å². The number of H-pyrrole nitrogens is 1. The molecule has 0 aliphatic rings. The number of thiophene rings is 1. The van der Waals surface area contributed by atoms with Crippen LogP contribution in [0.3, 0.4) is 0 Å². The number of aromatic nitrogens is 4. The first kappa shape index (κ1) is 17.7. The van der Waals surface area contributed by atoms with Crippen LogP contribution in [0.15, 0.2) is 40.5 Å². The van der Waals surface area contributed by atoms with Gasteiger partial charge in [0.2, 0.25) is 0 Å². The van der Waals surface area contributed by atoms with Crippen molar-refractivity contribution in [2.24, 2.45) is 0 Å². The first-order chi connectivity index (χ1) is 12.7. The summed E-state index contributed by atoms with van der Waals surface area (Å²) in [5, 5.41) is 5.09. The quantitative estimate of drug-likeness (QED) is 0.568. The number of sulfone groups is 1. The topological polar surface area (TPSA) is 89.2 Å². The Morgan fingerprint density at radius 3 is 2.52 bits per heavy atom. The number of fused-ring (bicyclic) bond motifs is 1. The van der Waals surface area contributed by atoms with Crippen molar-refractivity contribution < 1.29 is 8.42 Å². The molecule has 27 heavy (non-hydrogen) atoms. The predicted molar refractivity (Wildman–Crippen MR) is 106 cm³/mol. The van der Waals surface area contributed by atoms with E-state index in [0.717, 1.165) is 33.9 Å². The number of hydrogen-bond acceptors (Lipinski definition) is 5. The summed E-state index contributed by atoms with van der Waals surface area (Å²) in [6.45, 7) is 4.09. The monoisotopic (exact) mass is 402 g/mol. The summed E-state index contributed by atoms with van der Waals surface area (Å²) in [4.78, 5) is 17.7. The first-order valence-electron chi connectivity index (χ1n) is 8.25. The SMILES string of the molecule is Cc1ccc(C)n1-c1ccsc1-c1cc2nc(CS(C)(=O)=O)cc(=O)n2[nH]1. The molecule has 0 spiro atoms. The number of rotatable bonds is 4. The van der Waals surface area contributed by atoms with E-state index in [9.17, 15) is 13.2 Å². The normalized spacial score (nSPS) is 12.1. The van der Waals surface area contributed by atoms with Crippen LogP contribution in [0.4, 0.5) is 0 Å². The molecule has 0 aromatic carbocycles. The molecule has 7 nitrogen and oxygen atoms in total. The van der Waals surface area contributed by atoms with Gasteiger partial charge in [-0.3, -0.25) is 9.89 Å². The Hall–Kier alpha value is -2.65. The first-order valence-corrected chi connectivity index (χ1v) is 11.2. The van der Waals surface area contributed by atoms with E-state index in [4.69, 9.17) is 0 Å². The molecule has 9 heteroatoms. The molecule has 0 atom stereocenters. The number of nitrogens with zero attached hydrogens (tertiary/aromatic N) is 3. The third-order valence-electron chi connectivity index (χ3n) is 4.31. The van der Waals surface area contributed by atoms with Crippen LogP contribution in [0.2, 0.25) is 0 Å². The van der Waals surface area contributed by atoms with Crippen molar-refractivity contribution in [1.82, 2.24) is 19.2 Å². The van der Waals surface area contributed by atoms with Gasteiger partial charge >= 0.3 is 0 Å². The van der Waals surface area contributed by atoms with Gasteiger partial charge in [0.25, 0.3) is 5.56 Å². The summed E-state index contributed by atoms with van der Waals surface area (Å²) in [5.41, 5.74) is 4.33. The summed E-state index contributed by atoms with van der Waals surface area (Å²) >= 11 is 1.56. The van der Waals surface area contributed by atoms with Crippen molar-refractivity contribution in [1.29, 1.82) is 0 Å². The average molecular weight is 403 g/mol. The van der Waals surface area contributed by atoms with Crippen LogP contribution >= 0.6 is 11.3 Å². The van der Waals surface area contributed by atoms with Crippen LogP contribution in [0, 0.1) is 13.8 Å². The van der Waals surface area contributed by atoms with Crippen LogP contribution in [0.25, 0.3) is 21.9 Å². The van der Waals surface area contributed by atoms with Gasteiger partial charge in [0.15, 0.2) is 15.5 Å². The highest BCUT2D eigenvalue weighted by Gasteiger charge is 2.16. The lowest BCUT2D eigenvalue weighted by Gasteiger charge is -2.09. The van der Waals surface area contributed by atoms with Gasteiger partial charge in [-0.2, -0.15) is 0 Å². The van der Waals surface area contributed by atoms with E-state index in [1.54, 1.807) is 17.4 Å². The molecule has 0 saturated carbocycles. The van der Waals surface area contributed by atoms with Crippen molar-refractivity contribution in [2.45, 2.75) is 19.6 Å². The van der Waals surface area contributed by atoms with Crippen molar-refractivity contribution in [3.8, 4) is 16.3 Å². The molecule has 0 aliphatic carbocycles. The average Bonchev–Trinajstić information content (AvgIpc) is 3.24. The maximum Gasteiger partial charge on any atom is 0.272 e. The largest absolute Gasteiger partial charge is 0.317 e. The van der Waals surface area contributed by atoms with Crippen molar-refractivity contribution in [2.75, 3.05) is 6.26 Å². The molecule has 0 amide bonds. The molecule has 140 valence electrons. The Kier molecular flexibility index (Phi) is 4.08. The Bertz CT molecular complexity index is 1300. The summed E-state index contributed by atoms with van der Waals surface area (Å²) in [6.07, 6.45) is 1.12. The molecule has 1 N–H and O–H groups in total. The number of nitrogens with one attached hydrogen (secondary N) is 1. The van der Waals surface area contributed by atoms with Gasteiger partial charge in [-0.25, -0.2) is 17.9 Å². The molecule has 4 rings (SSSR count). The van der Waals surface area contributed by atoms with E-state index in [2.05, 4.69) is 26.8 Å². The number of hydrogen-bond donors (Lipinski definition) is 1. The van der Waals surface area contributed by atoms with Crippen LogP contribution in [0.5, 0.6) is 0 Å². The summed E-state index contributed by atoms with van der Waals surface area (Å²) < 4.78 is 26.5. The zero-order valence-corrected chi connectivity index (χ0v) is 16.7. The molecule has 0 saturated heterocycles. The van der Waals surface area contributed by atoms with Gasteiger partial charge in [-0.05, 0) is 37.4 Å². The second-order valence-electron chi connectivity index (χ2n) is 6.61. The highest BCUT2D eigenvalue weighted by atomic mass is 32.2. The number of aryl methyl sites for hydroxylation is 2. The fraction of sp³-hybridized carbons (Fsp3) is 0.222. The van der Waals surface area contributed by atoms with Gasteiger partial charge in [-0.15, -0.1) is 11.3 Å². The van der Waals surface area contributed by atoms with Gasteiger partial charge in [-0.1, -0.05) is 0 Å². The van der Waals surface area contributed by atoms with E-state index in [1.807, 2.05) is 25.3 Å². The van der Waals surface area contributed by atoms with Crippen LogP contribution in [-0.4, -0.2) is 33.8 Å². The molecular formula is C18H18N4O3S2. The van der Waals surface area contributed by atoms with Crippen molar-refractivity contribution in [3.63, 3.8) is 0 Å². The maximum atomic E-state index is 12.4. The molecule has 0 fully saturated rings. The van der Waals surface area contributed by atoms with Crippen LogP contribution in [-0.2, 0) is 15.6 Å². The molecule has 4 aromatic heterocycles. The van der Waals surface area contributed by atoms with E-state index in [1.165, 1.54) is 10.6 Å². The molecule has 0 aliphatic heterocycles.